The molecular weight excluding hydrogens is 258 g/mol. The van der Waals surface area contributed by atoms with E-state index in [1.165, 1.54) is 11.1 Å². The molecule has 21 heavy (non-hydrogen) atoms. The van der Waals surface area contributed by atoms with E-state index in [2.05, 4.69) is 42.2 Å². The molecule has 3 aromatic rings. The zero-order valence-electron chi connectivity index (χ0n) is 12.0. The molecule has 0 aliphatic heterocycles. The van der Waals surface area contributed by atoms with Crippen molar-refractivity contribution in [3.05, 3.63) is 83.9 Å². The van der Waals surface area contributed by atoms with E-state index >= 15 is 0 Å². The van der Waals surface area contributed by atoms with Crippen molar-refractivity contribution in [1.82, 2.24) is 4.98 Å². The van der Waals surface area contributed by atoms with Gasteiger partial charge in [0.25, 0.3) is 0 Å². The Hall–Kier alpha value is -2.61. The molecule has 1 aromatic carbocycles. The number of furan rings is 1. The predicted molar refractivity (Wildman–Crippen MR) is 85.9 cm³/mol. The fourth-order valence-corrected chi connectivity index (χ4v) is 2.15. The van der Waals surface area contributed by atoms with Crippen LogP contribution in [0.25, 0.3) is 17.4 Å². The molecule has 0 saturated carbocycles. The number of nitrogens with zero attached hydrogens (tertiary/aromatic N) is 1. The van der Waals surface area contributed by atoms with Gasteiger partial charge in [0.2, 0.25) is 0 Å². The standard InChI is InChI=1S/C19H17NO/c1-15-5-7-17(8-6-15)19-10-9-18(21-19)4-2-3-16-11-13-20-14-12-16/h2,4-14H,3H2,1H3/b4-2+. The van der Waals surface area contributed by atoms with E-state index in [1.807, 2.05) is 42.7 Å². The molecule has 0 amide bonds. The van der Waals surface area contributed by atoms with Gasteiger partial charge in [0.15, 0.2) is 0 Å². The molecule has 3 rings (SSSR count). The quantitative estimate of drug-likeness (QED) is 0.676. The maximum Gasteiger partial charge on any atom is 0.134 e. The second-order valence-electron chi connectivity index (χ2n) is 5.03. The van der Waals surface area contributed by atoms with Crippen LogP contribution in [0.15, 0.2) is 71.4 Å². The first kappa shape index (κ1) is 13.4. The smallest absolute Gasteiger partial charge is 0.134 e. The van der Waals surface area contributed by atoms with Gasteiger partial charge < -0.3 is 4.42 Å². The topological polar surface area (TPSA) is 26.0 Å². The van der Waals surface area contributed by atoms with Crippen LogP contribution in [-0.4, -0.2) is 4.98 Å². The molecule has 104 valence electrons. The average Bonchev–Trinajstić information content (AvgIpc) is 2.98. The molecule has 2 aromatic heterocycles. The lowest BCUT2D eigenvalue weighted by molar-refractivity contribution is 0.571. The lowest BCUT2D eigenvalue weighted by Gasteiger charge is -1.97. The molecule has 0 radical (unpaired) electrons. The van der Waals surface area contributed by atoms with E-state index in [-0.39, 0.29) is 0 Å². The lowest BCUT2D eigenvalue weighted by atomic mass is 10.1. The van der Waals surface area contributed by atoms with Crippen molar-refractivity contribution >= 4 is 6.08 Å². The number of rotatable bonds is 4. The molecule has 0 aliphatic rings. The summed E-state index contributed by atoms with van der Waals surface area (Å²) in [5.41, 5.74) is 3.60. The molecule has 0 fully saturated rings. The normalized spacial score (nSPS) is 11.1. The average molecular weight is 275 g/mol. The van der Waals surface area contributed by atoms with Crippen molar-refractivity contribution in [1.29, 1.82) is 0 Å². The van der Waals surface area contributed by atoms with Crippen molar-refractivity contribution in [3.63, 3.8) is 0 Å². The Labute approximate surface area is 124 Å². The van der Waals surface area contributed by atoms with Gasteiger partial charge in [-0.25, -0.2) is 0 Å². The van der Waals surface area contributed by atoms with Gasteiger partial charge in [0.1, 0.15) is 11.5 Å². The summed E-state index contributed by atoms with van der Waals surface area (Å²) in [6.07, 6.45) is 8.62. The lowest BCUT2D eigenvalue weighted by Crippen LogP contribution is -1.80. The maximum atomic E-state index is 5.85. The van der Waals surface area contributed by atoms with Crippen molar-refractivity contribution in [2.75, 3.05) is 0 Å². The van der Waals surface area contributed by atoms with Crippen LogP contribution in [0.1, 0.15) is 16.9 Å². The van der Waals surface area contributed by atoms with Crippen LogP contribution in [0, 0.1) is 6.92 Å². The largest absolute Gasteiger partial charge is 0.457 e. The fraction of sp³-hybridized carbons (Fsp3) is 0.105. The van der Waals surface area contributed by atoms with Crippen LogP contribution in [0.2, 0.25) is 0 Å². The molecular formula is C19H17NO. The van der Waals surface area contributed by atoms with Gasteiger partial charge in [-0.1, -0.05) is 35.9 Å². The monoisotopic (exact) mass is 275 g/mol. The minimum Gasteiger partial charge on any atom is -0.457 e. The summed E-state index contributed by atoms with van der Waals surface area (Å²) in [7, 11) is 0. The van der Waals surface area contributed by atoms with Crippen molar-refractivity contribution in [2.24, 2.45) is 0 Å². The van der Waals surface area contributed by atoms with Gasteiger partial charge in [0, 0.05) is 18.0 Å². The molecule has 0 saturated heterocycles. The van der Waals surface area contributed by atoms with Gasteiger partial charge in [-0.3, -0.25) is 4.98 Å². The third kappa shape index (κ3) is 3.48. The van der Waals surface area contributed by atoms with Crippen molar-refractivity contribution < 1.29 is 4.42 Å². The van der Waals surface area contributed by atoms with E-state index in [0.29, 0.717) is 0 Å². The van der Waals surface area contributed by atoms with Crippen LogP contribution in [0.5, 0.6) is 0 Å². The molecule has 0 aliphatic carbocycles. The number of aromatic nitrogens is 1. The first-order valence-electron chi connectivity index (χ1n) is 7.03. The number of pyridine rings is 1. The Morgan fingerprint density at radius 2 is 1.71 bits per heavy atom. The minimum absolute atomic E-state index is 0.875. The predicted octanol–water partition coefficient (Wildman–Crippen LogP) is 4.91. The summed E-state index contributed by atoms with van der Waals surface area (Å²) >= 11 is 0. The van der Waals surface area contributed by atoms with Gasteiger partial charge in [-0.15, -0.1) is 0 Å². The van der Waals surface area contributed by atoms with Crippen LogP contribution in [0.3, 0.4) is 0 Å². The van der Waals surface area contributed by atoms with E-state index in [0.717, 1.165) is 23.5 Å². The highest BCUT2D eigenvalue weighted by molar-refractivity contribution is 5.60. The Kier molecular flexibility index (Phi) is 3.97. The first-order chi connectivity index (χ1) is 10.3. The van der Waals surface area contributed by atoms with Crippen LogP contribution in [-0.2, 0) is 6.42 Å². The SMILES string of the molecule is Cc1ccc(-c2ccc(/C=C/Cc3ccncc3)o2)cc1. The molecule has 2 heterocycles. The third-order valence-corrected chi connectivity index (χ3v) is 3.35. The van der Waals surface area contributed by atoms with E-state index in [4.69, 9.17) is 4.42 Å². The summed E-state index contributed by atoms with van der Waals surface area (Å²) in [5.74, 6) is 1.78. The highest BCUT2D eigenvalue weighted by Gasteiger charge is 2.02. The minimum atomic E-state index is 0.875. The third-order valence-electron chi connectivity index (χ3n) is 3.35. The number of allylic oxidation sites excluding steroid dienone is 1. The van der Waals surface area contributed by atoms with Crippen molar-refractivity contribution in [2.45, 2.75) is 13.3 Å². The zero-order valence-corrected chi connectivity index (χ0v) is 12.0. The highest BCUT2D eigenvalue weighted by Crippen LogP contribution is 2.23. The number of aryl methyl sites for hydroxylation is 1. The van der Waals surface area contributed by atoms with Gasteiger partial charge in [0.05, 0.1) is 0 Å². The fourth-order valence-electron chi connectivity index (χ4n) is 2.15. The first-order valence-corrected chi connectivity index (χ1v) is 7.03. The summed E-state index contributed by atoms with van der Waals surface area (Å²) in [4.78, 5) is 4.01. The number of benzene rings is 1. The van der Waals surface area contributed by atoms with Crippen LogP contribution >= 0.6 is 0 Å². The second-order valence-corrected chi connectivity index (χ2v) is 5.03. The molecule has 0 unspecified atom stereocenters. The van der Waals surface area contributed by atoms with Crippen molar-refractivity contribution in [3.8, 4) is 11.3 Å². The molecule has 0 atom stereocenters. The Bertz CT molecular complexity index is 724. The number of hydrogen-bond acceptors (Lipinski definition) is 2. The number of hydrogen-bond donors (Lipinski definition) is 0. The van der Waals surface area contributed by atoms with Gasteiger partial charge in [-0.2, -0.15) is 0 Å². The van der Waals surface area contributed by atoms with Crippen LogP contribution in [0.4, 0.5) is 0 Å². The molecule has 0 bridgehead atoms. The molecule has 2 heteroatoms. The Balaban J connectivity index is 1.69. The summed E-state index contributed by atoms with van der Waals surface area (Å²) in [5, 5.41) is 0. The Morgan fingerprint density at radius 1 is 0.952 bits per heavy atom. The molecule has 0 spiro atoms. The summed E-state index contributed by atoms with van der Waals surface area (Å²) in [6, 6.07) is 16.4. The van der Waals surface area contributed by atoms with Gasteiger partial charge >= 0.3 is 0 Å². The van der Waals surface area contributed by atoms with E-state index in [9.17, 15) is 0 Å². The molecule has 0 N–H and O–H groups in total. The highest BCUT2D eigenvalue weighted by atomic mass is 16.3. The summed E-state index contributed by atoms with van der Waals surface area (Å²) in [6.45, 7) is 2.08. The summed E-state index contributed by atoms with van der Waals surface area (Å²) < 4.78 is 5.85. The molecule has 2 nitrogen and oxygen atoms in total. The zero-order chi connectivity index (χ0) is 14.5. The Morgan fingerprint density at radius 3 is 2.48 bits per heavy atom. The van der Waals surface area contributed by atoms with E-state index in [1.54, 1.807) is 0 Å². The second kappa shape index (κ2) is 6.23. The van der Waals surface area contributed by atoms with Gasteiger partial charge in [-0.05, 0) is 49.2 Å². The van der Waals surface area contributed by atoms with E-state index < -0.39 is 0 Å². The maximum absolute atomic E-state index is 5.85. The van der Waals surface area contributed by atoms with Crippen LogP contribution < -0.4 is 0 Å².